The molecule has 1 nitrogen and oxygen atoms in total. The molecule has 0 atom stereocenters. The Morgan fingerprint density at radius 2 is 2.09 bits per heavy atom. The van der Waals surface area contributed by atoms with Gasteiger partial charge in [0.15, 0.2) is 0 Å². The van der Waals surface area contributed by atoms with Gasteiger partial charge in [-0.05, 0) is 0 Å². The molecule has 11 heavy (non-hydrogen) atoms. The van der Waals surface area contributed by atoms with Gasteiger partial charge in [-0.15, -0.1) is 18.2 Å². The van der Waals surface area contributed by atoms with Gasteiger partial charge in [0.2, 0.25) is 0 Å². The number of fused-ring (bicyclic) bond motifs is 1. The molecule has 0 saturated heterocycles. The molecule has 0 spiro atoms. The fraction of sp³-hybridized carbons (Fsp3) is 0. The van der Waals surface area contributed by atoms with Crippen LogP contribution in [0.25, 0.3) is 10.9 Å². The van der Waals surface area contributed by atoms with Crippen LogP contribution in [0.2, 0.25) is 0 Å². The summed E-state index contributed by atoms with van der Waals surface area (Å²) < 4.78 is 0. The van der Waals surface area contributed by atoms with Crippen molar-refractivity contribution in [3.63, 3.8) is 0 Å². The van der Waals surface area contributed by atoms with Gasteiger partial charge in [-0.2, -0.15) is 17.5 Å². The van der Waals surface area contributed by atoms with E-state index in [1.807, 2.05) is 24.3 Å². The normalized spacial score (nSPS) is 8.36. The number of aromatic nitrogens is 1. The summed E-state index contributed by atoms with van der Waals surface area (Å²) in [7, 11) is 0. The summed E-state index contributed by atoms with van der Waals surface area (Å²) >= 11 is 0. The van der Waals surface area contributed by atoms with Gasteiger partial charge in [-0.3, -0.25) is 0 Å². The summed E-state index contributed by atoms with van der Waals surface area (Å²) in [5, 5.41) is 1.09. The van der Waals surface area contributed by atoms with E-state index < -0.39 is 0 Å². The molecule has 0 fully saturated rings. The molecule has 0 aliphatic carbocycles. The minimum Gasteiger partial charge on any atom is -0.716 e. The topological polar surface area (TPSA) is 14.1 Å². The van der Waals surface area contributed by atoms with Gasteiger partial charge in [-0.1, -0.05) is 0 Å². The molecule has 0 saturated carbocycles. The largest absolute Gasteiger partial charge is 1.00 e. The van der Waals surface area contributed by atoms with Crippen molar-refractivity contribution in [1.82, 2.24) is 4.98 Å². The Hall–Kier alpha value is 0.994. The summed E-state index contributed by atoms with van der Waals surface area (Å²) in [6.45, 7) is 0. The van der Waals surface area contributed by atoms with E-state index in [1.54, 1.807) is 6.20 Å². The fourth-order valence-corrected chi connectivity index (χ4v) is 0.879. The maximum atomic E-state index is 4.09. The van der Waals surface area contributed by atoms with Crippen LogP contribution < -0.4 is 75.2 Å². The van der Waals surface area contributed by atoms with E-state index >= 15 is 0 Å². The first-order valence-electron chi connectivity index (χ1n) is 2.85. The Kier molecular flexibility index (Phi) is 6.11. The Bertz CT molecular complexity index is 288. The van der Waals surface area contributed by atoms with Gasteiger partial charge >= 0.3 is 70.2 Å². The van der Waals surface area contributed by atoms with Crippen LogP contribution in [0.5, 0.6) is 0 Å². The van der Waals surface area contributed by atoms with Crippen LogP contribution >= 0.6 is 0 Å². The molecule has 2 rings (SSSR count). The van der Waals surface area contributed by atoms with E-state index in [1.165, 1.54) is 0 Å². The molecule has 0 radical (unpaired) electrons. The third kappa shape index (κ3) is 2.75. The molecular formula is C8H5KLiN. The first-order valence-corrected chi connectivity index (χ1v) is 2.85. The third-order valence-corrected chi connectivity index (χ3v) is 1.32. The predicted octanol–water partition coefficient (Wildman–Crippen LogP) is -4.39. The molecular weight excluding hydrogens is 156 g/mol. The zero-order chi connectivity index (χ0) is 6.10. The van der Waals surface area contributed by atoms with Gasteiger partial charge in [0.25, 0.3) is 0 Å². The molecule has 1 heterocycles. The Labute approximate surface area is 121 Å². The summed E-state index contributed by atoms with van der Waals surface area (Å²) in [6, 6.07) is 10.8. The summed E-state index contributed by atoms with van der Waals surface area (Å²) in [6.07, 6.45) is 1.79. The van der Waals surface area contributed by atoms with E-state index in [4.69, 9.17) is 0 Å². The zero-order valence-electron chi connectivity index (χ0n) is 6.83. The molecule has 0 unspecified atom stereocenters. The van der Waals surface area contributed by atoms with E-state index in [0.717, 1.165) is 10.9 Å². The fourth-order valence-electron chi connectivity index (χ4n) is 0.879. The molecule has 0 amide bonds. The van der Waals surface area contributed by atoms with E-state index in [9.17, 15) is 0 Å². The number of benzene rings is 1. The average Bonchev–Trinajstić information content (AvgIpc) is 2.33. The molecule has 3 heteroatoms. The van der Waals surface area contributed by atoms with Crippen molar-refractivity contribution in [2.24, 2.45) is 0 Å². The van der Waals surface area contributed by atoms with Crippen LogP contribution in [-0.2, 0) is 0 Å². The number of hydrogen-bond acceptors (Lipinski definition) is 0. The van der Waals surface area contributed by atoms with Crippen LogP contribution in [0.15, 0.2) is 30.5 Å². The molecule has 1 aromatic carbocycles. The molecule has 1 aromatic heterocycles. The molecule has 2 aromatic rings. The third-order valence-electron chi connectivity index (χ3n) is 1.32. The van der Waals surface area contributed by atoms with Gasteiger partial charge in [0.1, 0.15) is 0 Å². The quantitative estimate of drug-likeness (QED) is 0.281. The van der Waals surface area contributed by atoms with Crippen LogP contribution in [0, 0.1) is 6.07 Å². The summed E-state index contributed by atoms with van der Waals surface area (Å²) in [4.78, 5) is 4.09. The second-order valence-corrected chi connectivity index (χ2v) is 1.91. The van der Waals surface area contributed by atoms with E-state index in [2.05, 4.69) is 11.1 Å². The average molecular weight is 161 g/mol. The van der Waals surface area contributed by atoms with Crippen molar-refractivity contribution in [3.05, 3.63) is 36.5 Å². The van der Waals surface area contributed by atoms with Crippen molar-refractivity contribution in [2.75, 3.05) is 0 Å². The van der Waals surface area contributed by atoms with E-state index in [0.29, 0.717) is 0 Å². The number of hydrogen-bond donors (Lipinski definition) is 0. The smallest absolute Gasteiger partial charge is 0.716 e. The second-order valence-electron chi connectivity index (χ2n) is 1.91. The monoisotopic (exact) mass is 161 g/mol. The predicted molar refractivity (Wildman–Crippen MR) is 36.1 cm³/mol. The SMILES string of the molecule is [K+].[Li+].[c-]1cccc2[n-]ccc12. The molecule has 0 aliphatic rings. The van der Waals surface area contributed by atoms with Crippen LogP contribution in [-0.4, -0.2) is 0 Å². The van der Waals surface area contributed by atoms with Gasteiger partial charge in [0.05, 0.1) is 0 Å². The van der Waals surface area contributed by atoms with Crippen molar-refractivity contribution in [1.29, 1.82) is 0 Å². The first kappa shape index (κ1) is 12.0. The van der Waals surface area contributed by atoms with Crippen molar-refractivity contribution in [2.45, 2.75) is 0 Å². The summed E-state index contributed by atoms with van der Waals surface area (Å²) in [5.41, 5.74) is 1.03. The van der Waals surface area contributed by atoms with Gasteiger partial charge < -0.3 is 4.98 Å². The zero-order valence-corrected chi connectivity index (χ0v) is 9.96. The van der Waals surface area contributed by atoms with Crippen molar-refractivity contribution >= 4 is 10.9 Å². The number of rotatable bonds is 0. The molecule has 44 valence electrons. The minimum absolute atomic E-state index is 0. The Morgan fingerprint density at radius 1 is 1.27 bits per heavy atom. The first-order chi connectivity index (χ1) is 4.47. The van der Waals surface area contributed by atoms with Crippen LogP contribution in [0.1, 0.15) is 0 Å². The van der Waals surface area contributed by atoms with Gasteiger partial charge in [0, 0.05) is 0 Å². The second kappa shape index (κ2) is 5.61. The molecule has 0 bridgehead atoms. The minimum atomic E-state index is 0. The Balaban J connectivity index is 0.000000500. The standard InChI is InChI=1S/C8H5N.K.Li/c1-2-4-8-7(3-1)5-6-9-8;;/h1-2,4-6H;;/q-2;2*+1. The van der Waals surface area contributed by atoms with Crippen molar-refractivity contribution < 1.29 is 70.2 Å². The van der Waals surface area contributed by atoms with Crippen LogP contribution in [0.4, 0.5) is 0 Å². The maximum Gasteiger partial charge on any atom is 1.00 e. The van der Waals surface area contributed by atoms with Crippen molar-refractivity contribution in [3.8, 4) is 0 Å². The molecule has 0 aliphatic heterocycles. The maximum absolute atomic E-state index is 4.09. The van der Waals surface area contributed by atoms with E-state index in [-0.39, 0.29) is 70.2 Å². The Morgan fingerprint density at radius 3 is 2.82 bits per heavy atom. The summed E-state index contributed by atoms with van der Waals surface area (Å²) in [5.74, 6) is 0. The molecule has 0 N–H and O–H groups in total. The number of nitrogens with zero attached hydrogens (tertiary/aromatic N) is 1. The van der Waals surface area contributed by atoms with Crippen LogP contribution in [0.3, 0.4) is 0 Å². The van der Waals surface area contributed by atoms with Gasteiger partial charge in [-0.25, -0.2) is 11.7 Å².